The number of hydrogen-bond donors (Lipinski definition) is 2. The highest BCUT2D eigenvalue weighted by atomic mass is 35.5. The number of rotatable bonds is 8. The molecule has 0 aliphatic rings. The SMILES string of the molecule is COCCCOc1nn(-c2ccccc2)c(NC(=O)Nc2ccc(Cl)c3ccccc23)c1C. The first kappa shape index (κ1) is 22.6. The average Bonchev–Trinajstić information content (AvgIpc) is 3.14. The lowest BCUT2D eigenvalue weighted by Gasteiger charge is -2.13. The number of benzene rings is 3. The molecule has 0 radical (unpaired) electrons. The van der Waals surface area contributed by atoms with Crippen molar-refractivity contribution in [1.82, 2.24) is 9.78 Å². The van der Waals surface area contributed by atoms with E-state index in [1.165, 1.54) is 0 Å². The zero-order valence-electron chi connectivity index (χ0n) is 18.5. The Kier molecular flexibility index (Phi) is 7.12. The van der Waals surface area contributed by atoms with Crippen molar-refractivity contribution in [2.24, 2.45) is 0 Å². The first-order chi connectivity index (χ1) is 16.1. The standard InChI is InChI=1S/C25H25ClN4O3/c1-17-23(28-25(31)27-22-14-13-21(26)19-11-6-7-12-20(19)22)30(18-9-4-3-5-10-18)29-24(17)33-16-8-15-32-2/h3-7,9-14H,8,15-16H2,1-2H3,(H2,27,28,31). The second kappa shape index (κ2) is 10.4. The van der Waals surface area contributed by atoms with Gasteiger partial charge in [-0.3, -0.25) is 5.32 Å². The molecule has 0 aliphatic carbocycles. The highest BCUT2D eigenvalue weighted by Gasteiger charge is 2.19. The number of hydrogen-bond acceptors (Lipinski definition) is 4. The summed E-state index contributed by atoms with van der Waals surface area (Å²) in [7, 11) is 1.65. The Hall–Kier alpha value is -3.55. The molecule has 1 heterocycles. The van der Waals surface area contributed by atoms with Gasteiger partial charge in [-0.1, -0.05) is 54.1 Å². The maximum absolute atomic E-state index is 13.0. The van der Waals surface area contributed by atoms with E-state index in [2.05, 4.69) is 15.7 Å². The summed E-state index contributed by atoms with van der Waals surface area (Å²) in [4.78, 5) is 13.0. The van der Waals surface area contributed by atoms with Gasteiger partial charge in [0.05, 0.1) is 23.5 Å². The molecular formula is C25H25ClN4O3. The summed E-state index contributed by atoms with van der Waals surface area (Å²) < 4.78 is 12.6. The minimum absolute atomic E-state index is 0.395. The van der Waals surface area contributed by atoms with E-state index in [9.17, 15) is 4.79 Å². The van der Waals surface area contributed by atoms with E-state index in [0.717, 1.165) is 28.4 Å². The van der Waals surface area contributed by atoms with Crippen LogP contribution < -0.4 is 15.4 Å². The number of carbonyl (C=O) groups excluding carboxylic acids is 1. The molecule has 0 unspecified atom stereocenters. The van der Waals surface area contributed by atoms with Crippen LogP contribution in [0.1, 0.15) is 12.0 Å². The molecule has 2 N–H and O–H groups in total. The molecule has 33 heavy (non-hydrogen) atoms. The summed E-state index contributed by atoms with van der Waals surface area (Å²) in [5.74, 6) is 0.987. The third-order valence-electron chi connectivity index (χ3n) is 5.16. The van der Waals surface area contributed by atoms with E-state index in [-0.39, 0.29) is 0 Å². The molecule has 0 aliphatic heterocycles. The predicted molar refractivity (Wildman–Crippen MR) is 132 cm³/mol. The number of urea groups is 1. The molecule has 4 rings (SSSR count). The van der Waals surface area contributed by atoms with Crippen LogP contribution in [0.25, 0.3) is 16.5 Å². The number of nitrogens with zero attached hydrogens (tertiary/aromatic N) is 2. The Labute approximate surface area is 197 Å². The van der Waals surface area contributed by atoms with Crippen LogP contribution in [-0.2, 0) is 4.74 Å². The molecule has 4 aromatic rings. The van der Waals surface area contributed by atoms with Gasteiger partial charge < -0.3 is 14.8 Å². The van der Waals surface area contributed by atoms with Crippen molar-refractivity contribution in [1.29, 1.82) is 0 Å². The lowest BCUT2D eigenvalue weighted by molar-refractivity contribution is 0.170. The van der Waals surface area contributed by atoms with E-state index in [4.69, 9.17) is 21.1 Å². The fourth-order valence-electron chi connectivity index (χ4n) is 3.52. The van der Waals surface area contributed by atoms with E-state index >= 15 is 0 Å². The molecule has 3 aromatic carbocycles. The minimum Gasteiger partial charge on any atom is -0.476 e. The third kappa shape index (κ3) is 5.10. The van der Waals surface area contributed by atoms with Gasteiger partial charge in [-0.25, -0.2) is 9.48 Å². The van der Waals surface area contributed by atoms with E-state index < -0.39 is 6.03 Å². The van der Waals surface area contributed by atoms with Crippen molar-refractivity contribution in [2.45, 2.75) is 13.3 Å². The van der Waals surface area contributed by atoms with Crippen molar-refractivity contribution in [3.05, 3.63) is 77.3 Å². The number of fused-ring (bicyclic) bond motifs is 1. The molecule has 0 saturated carbocycles. The largest absolute Gasteiger partial charge is 0.476 e. The van der Waals surface area contributed by atoms with Crippen molar-refractivity contribution in [2.75, 3.05) is 31.0 Å². The second-order valence-electron chi connectivity index (χ2n) is 7.44. The van der Waals surface area contributed by atoms with Crippen LogP contribution in [0.15, 0.2) is 66.7 Å². The number of ether oxygens (including phenoxy) is 2. The van der Waals surface area contributed by atoms with Gasteiger partial charge in [0.2, 0.25) is 5.88 Å². The molecule has 8 heteroatoms. The van der Waals surface area contributed by atoms with Gasteiger partial charge in [-0.05, 0) is 31.2 Å². The quantitative estimate of drug-likeness (QED) is 0.311. The normalized spacial score (nSPS) is 10.9. The summed E-state index contributed by atoms with van der Waals surface area (Å²) in [6.45, 7) is 2.93. The molecule has 0 saturated heterocycles. The number of methoxy groups -OCH3 is 1. The van der Waals surface area contributed by atoms with Gasteiger partial charge in [-0.2, -0.15) is 0 Å². The minimum atomic E-state index is -0.395. The van der Waals surface area contributed by atoms with Crippen molar-refractivity contribution >= 4 is 39.9 Å². The number of para-hydroxylation sites is 1. The Bertz CT molecular complexity index is 1260. The van der Waals surface area contributed by atoms with Gasteiger partial charge in [0.15, 0.2) is 0 Å². The van der Waals surface area contributed by atoms with Gasteiger partial charge in [0, 0.05) is 35.9 Å². The first-order valence-electron chi connectivity index (χ1n) is 10.6. The fourth-order valence-corrected chi connectivity index (χ4v) is 3.75. The Balaban J connectivity index is 1.61. The van der Waals surface area contributed by atoms with Crippen LogP contribution in [0.5, 0.6) is 5.88 Å². The molecule has 7 nitrogen and oxygen atoms in total. The Morgan fingerprint density at radius 2 is 1.70 bits per heavy atom. The molecule has 0 fully saturated rings. The van der Waals surface area contributed by atoms with Crippen LogP contribution in [0.2, 0.25) is 5.02 Å². The van der Waals surface area contributed by atoms with Gasteiger partial charge in [0.1, 0.15) is 5.82 Å². The highest BCUT2D eigenvalue weighted by Crippen LogP contribution is 2.31. The summed E-state index contributed by atoms with van der Waals surface area (Å²) >= 11 is 6.31. The molecule has 2 amide bonds. The number of nitrogens with one attached hydrogen (secondary N) is 2. The molecule has 170 valence electrons. The van der Waals surface area contributed by atoms with Gasteiger partial charge in [-0.15, -0.1) is 5.10 Å². The molecule has 0 spiro atoms. The van der Waals surface area contributed by atoms with Crippen LogP contribution in [0, 0.1) is 6.92 Å². The Morgan fingerprint density at radius 1 is 0.970 bits per heavy atom. The maximum atomic E-state index is 13.0. The predicted octanol–water partition coefficient (Wildman–Crippen LogP) is 6.05. The van der Waals surface area contributed by atoms with Crippen molar-refractivity contribution in [3.63, 3.8) is 0 Å². The topological polar surface area (TPSA) is 77.4 Å². The van der Waals surface area contributed by atoms with Gasteiger partial charge in [0.25, 0.3) is 0 Å². The zero-order valence-corrected chi connectivity index (χ0v) is 19.2. The summed E-state index contributed by atoms with van der Waals surface area (Å²) in [5, 5.41) is 12.8. The average molecular weight is 465 g/mol. The highest BCUT2D eigenvalue weighted by molar-refractivity contribution is 6.36. The summed E-state index contributed by atoms with van der Waals surface area (Å²) in [5.41, 5.74) is 2.19. The molecule has 0 atom stereocenters. The number of carbonyl (C=O) groups is 1. The zero-order chi connectivity index (χ0) is 23.2. The van der Waals surface area contributed by atoms with Crippen molar-refractivity contribution < 1.29 is 14.3 Å². The Morgan fingerprint density at radius 3 is 2.45 bits per heavy atom. The number of halogens is 1. The number of aromatic nitrogens is 2. The fraction of sp³-hybridized carbons (Fsp3) is 0.200. The van der Waals surface area contributed by atoms with Crippen LogP contribution in [-0.4, -0.2) is 36.1 Å². The molecule has 1 aromatic heterocycles. The van der Waals surface area contributed by atoms with Crippen LogP contribution >= 0.6 is 11.6 Å². The van der Waals surface area contributed by atoms with Crippen LogP contribution in [0.4, 0.5) is 16.3 Å². The first-order valence-corrected chi connectivity index (χ1v) is 11.0. The van der Waals surface area contributed by atoms with E-state index in [1.54, 1.807) is 23.9 Å². The van der Waals surface area contributed by atoms with Gasteiger partial charge >= 0.3 is 6.03 Å². The summed E-state index contributed by atoms with van der Waals surface area (Å²) in [6.07, 6.45) is 0.737. The van der Waals surface area contributed by atoms with E-state index in [0.29, 0.717) is 35.6 Å². The van der Waals surface area contributed by atoms with Crippen LogP contribution in [0.3, 0.4) is 0 Å². The summed E-state index contributed by atoms with van der Waals surface area (Å²) in [6, 6.07) is 20.4. The van der Waals surface area contributed by atoms with E-state index in [1.807, 2.05) is 61.5 Å². The number of amides is 2. The second-order valence-corrected chi connectivity index (χ2v) is 7.85. The molecule has 0 bridgehead atoms. The smallest absolute Gasteiger partial charge is 0.324 e. The lowest BCUT2D eigenvalue weighted by Crippen LogP contribution is -2.22. The number of anilines is 2. The maximum Gasteiger partial charge on any atom is 0.324 e. The lowest BCUT2D eigenvalue weighted by atomic mass is 10.1. The monoisotopic (exact) mass is 464 g/mol. The van der Waals surface area contributed by atoms with Crippen molar-refractivity contribution in [3.8, 4) is 11.6 Å². The third-order valence-corrected chi connectivity index (χ3v) is 5.49. The molecular weight excluding hydrogens is 440 g/mol.